The molecule has 1 fully saturated rings. The van der Waals surface area contributed by atoms with E-state index in [0.29, 0.717) is 11.7 Å². The Bertz CT molecular complexity index is 398. The number of nitrogens with one attached hydrogen (secondary N) is 1. The summed E-state index contributed by atoms with van der Waals surface area (Å²) in [5.41, 5.74) is 1.58. The van der Waals surface area contributed by atoms with Crippen molar-refractivity contribution in [1.82, 2.24) is 15.1 Å². The van der Waals surface area contributed by atoms with Gasteiger partial charge in [0.1, 0.15) is 5.51 Å². The maximum Gasteiger partial charge on any atom is 0.240 e. The van der Waals surface area contributed by atoms with E-state index in [-0.39, 0.29) is 18.1 Å². The third-order valence-electron chi connectivity index (χ3n) is 3.48. The SMILES string of the molecule is CCC(O)C1CCCCN1CC(=O)Nc1nncs1. The molecular formula is C12H20N4O2S. The van der Waals surface area contributed by atoms with Gasteiger partial charge in [0, 0.05) is 6.04 Å². The van der Waals surface area contributed by atoms with E-state index >= 15 is 0 Å². The Kier molecular flexibility index (Phi) is 5.24. The molecule has 1 aromatic heterocycles. The van der Waals surface area contributed by atoms with Crippen molar-refractivity contribution in [2.45, 2.75) is 44.8 Å². The molecule has 0 radical (unpaired) electrons. The number of rotatable bonds is 5. The van der Waals surface area contributed by atoms with Crippen LogP contribution in [0.4, 0.5) is 5.13 Å². The molecule has 2 heterocycles. The van der Waals surface area contributed by atoms with E-state index in [9.17, 15) is 9.90 Å². The average molecular weight is 284 g/mol. The van der Waals surface area contributed by atoms with Gasteiger partial charge in [-0.05, 0) is 25.8 Å². The van der Waals surface area contributed by atoms with Crippen LogP contribution in [0.15, 0.2) is 5.51 Å². The first-order valence-corrected chi connectivity index (χ1v) is 7.56. The standard InChI is InChI=1S/C12H20N4O2S/c1-2-10(17)9-5-3-4-6-16(9)7-11(18)14-12-15-13-8-19-12/h8-10,17H,2-7H2,1H3,(H,14,15,18). The molecule has 7 heteroatoms. The molecule has 106 valence electrons. The molecule has 0 bridgehead atoms. The van der Waals surface area contributed by atoms with Crippen molar-refractivity contribution in [3.8, 4) is 0 Å². The predicted octanol–water partition coefficient (Wildman–Crippen LogP) is 1.10. The van der Waals surface area contributed by atoms with Crippen molar-refractivity contribution in [2.75, 3.05) is 18.4 Å². The van der Waals surface area contributed by atoms with Crippen LogP contribution in [0.25, 0.3) is 0 Å². The van der Waals surface area contributed by atoms with Gasteiger partial charge >= 0.3 is 0 Å². The molecule has 2 rings (SSSR count). The molecule has 19 heavy (non-hydrogen) atoms. The van der Waals surface area contributed by atoms with Crippen molar-refractivity contribution in [2.24, 2.45) is 0 Å². The second kappa shape index (κ2) is 6.93. The van der Waals surface area contributed by atoms with Crippen molar-refractivity contribution in [3.05, 3.63) is 5.51 Å². The summed E-state index contributed by atoms with van der Waals surface area (Å²) in [6.07, 6.45) is 3.53. The minimum atomic E-state index is -0.352. The van der Waals surface area contributed by atoms with Gasteiger partial charge in [-0.15, -0.1) is 10.2 Å². The van der Waals surface area contributed by atoms with Crippen LogP contribution in [0.1, 0.15) is 32.6 Å². The quantitative estimate of drug-likeness (QED) is 0.846. The zero-order valence-electron chi connectivity index (χ0n) is 11.1. The van der Waals surface area contributed by atoms with E-state index in [1.54, 1.807) is 5.51 Å². The highest BCUT2D eigenvalue weighted by atomic mass is 32.1. The summed E-state index contributed by atoms with van der Waals surface area (Å²) in [6, 6.07) is 0.0962. The second-order valence-corrected chi connectivity index (χ2v) is 5.63. The van der Waals surface area contributed by atoms with Crippen LogP contribution in [0.5, 0.6) is 0 Å². The number of hydrogen-bond donors (Lipinski definition) is 2. The minimum absolute atomic E-state index is 0.0908. The summed E-state index contributed by atoms with van der Waals surface area (Å²) in [6.45, 7) is 3.14. The number of anilines is 1. The van der Waals surface area contributed by atoms with Crippen LogP contribution < -0.4 is 5.32 Å². The molecule has 2 unspecified atom stereocenters. The van der Waals surface area contributed by atoms with Gasteiger partial charge in [-0.3, -0.25) is 15.0 Å². The number of carbonyl (C=O) groups is 1. The van der Waals surface area contributed by atoms with Crippen LogP contribution in [-0.4, -0.2) is 51.3 Å². The van der Waals surface area contributed by atoms with Gasteiger partial charge in [0.2, 0.25) is 11.0 Å². The van der Waals surface area contributed by atoms with Crippen molar-refractivity contribution in [3.63, 3.8) is 0 Å². The monoisotopic (exact) mass is 284 g/mol. The number of amides is 1. The Labute approximate surface area is 116 Å². The van der Waals surface area contributed by atoms with Crippen LogP contribution in [0, 0.1) is 0 Å². The van der Waals surface area contributed by atoms with Crippen molar-refractivity contribution < 1.29 is 9.90 Å². The fourth-order valence-electron chi connectivity index (χ4n) is 2.49. The number of carbonyl (C=O) groups excluding carboxylic acids is 1. The van der Waals surface area contributed by atoms with Gasteiger partial charge in [-0.1, -0.05) is 24.7 Å². The number of nitrogens with zero attached hydrogens (tertiary/aromatic N) is 3. The maximum atomic E-state index is 11.9. The Hall–Kier alpha value is -1.05. The Morgan fingerprint density at radius 3 is 3.21 bits per heavy atom. The smallest absolute Gasteiger partial charge is 0.240 e. The van der Waals surface area contributed by atoms with Gasteiger partial charge in [0.15, 0.2) is 0 Å². The summed E-state index contributed by atoms with van der Waals surface area (Å²) in [5.74, 6) is -0.0908. The lowest BCUT2D eigenvalue weighted by molar-refractivity contribution is -0.119. The Morgan fingerprint density at radius 2 is 2.53 bits per heavy atom. The second-order valence-electron chi connectivity index (χ2n) is 4.80. The highest BCUT2D eigenvalue weighted by Crippen LogP contribution is 2.21. The van der Waals surface area contributed by atoms with Crippen molar-refractivity contribution in [1.29, 1.82) is 0 Å². The topological polar surface area (TPSA) is 78.4 Å². The van der Waals surface area contributed by atoms with Gasteiger partial charge in [-0.2, -0.15) is 0 Å². The highest BCUT2D eigenvalue weighted by Gasteiger charge is 2.29. The minimum Gasteiger partial charge on any atom is -0.392 e. The normalized spacial score (nSPS) is 22.1. The Balaban J connectivity index is 1.90. The molecule has 1 aromatic rings. The largest absolute Gasteiger partial charge is 0.392 e. The van der Waals surface area contributed by atoms with E-state index in [2.05, 4.69) is 20.4 Å². The lowest BCUT2D eigenvalue weighted by atomic mass is 9.96. The fourth-order valence-corrected chi connectivity index (χ4v) is 2.95. The third-order valence-corrected chi connectivity index (χ3v) is 4.09. The van der Waals surface area contributed by atoms with Gasteiger partial charge in [-0.25, -0.2) is 0 Å². The molecule has 1 aliphatic heterocycles. The lowest BCUT2D eigenvalue weighted by Gasteiger charge is -2.37. The van der Waals surface area contributed by atoms with Crippen molar-refractivity contribution >= 4 is 22.4 Å². The van der Waals surface area contributed by atoms with Gasteiger partial charge < -0.3 is 5.11 Å². The lowest BCUT2D eigenvalue weighted by Crippen LogP contribution is -2.49. The van der Waals surface area contributed by atoms with E-state index in [1.807, 2.05) is 6.92 Å². The first kappa shape index (κ1) is 14.4. The summed E-state index contributed by atoms with van der Waals surface area (Å²) < 4.78 is 0. The molecule has 6 nitrogen and oxygen atoms in total. The Morgan fingerprint density at radius 1 is 1.68 bits per heavy atom. The molecule has 0 saturated carbocycles. The van der Waals surface area contributed by atoms with E-state index in [0.717, 1.165) is 32.2 Å². The molecular weight excluding hydrogens is 264 g/mol. The fraction of sp³-hybridized carbons (Fsp3) is 0.750. The molecule has 2 atom stereocenters. The molecule has 1 amide bonds. The number of aliphatic hydroxyl groups is 1. The first-order valence-electron chi connectivity index (χ1n) is 6.69. The molecule has 0 spiro atoms. The molecule has 2 N–H and O–H groups in total. The van der Waals surface area contributed by atoms with Gasteiger partial charge in [0.05, 0.1) is 12.6 Å². The highest BCUT2D eigenvalue weighted by molar-refractivity contribution is 7.13. The van der Waals surface area contributed by atoms with E-state index in [1.165, 1.54) is 11.3 Å². The van der Waals surface area contributed by atoms with Crippen LogP contribution >= 0.6 is 11.3 Å². The van der Waals surface area contributed by atoms with Gasteiger partial charge in [0.25, 0.3) is 0 Å². The first-order chi connectivity index (χ1) is 9.20. The number of piperidine rings is 1. The van der Waals surface area contributed by atoms with Crippen LogP contribution in [-0.2, 0) is 4.79 Å². The summed E-state index contributed by atoms with van der Waals surface area (Å²) >= 11 is 1.30. The van der Waals surface area contributed by atoms with E-state index < -0.39 is 0 Å². The third kappa shape index (κ3) is 3.95. The number of aliphatic hydroxyl groups excluding tert-OH is 1. The number of aromatic nitrogens is 2. The zero-order chi connectivity index (χ0) is 13.7. The maximum absolute atomic E-state index is 11.9. The van der Waals surface area contributed by atoms with E-state index in [4.69, 9.17) is 0 Å². The average Bonchev–Trinajstić information content (AvgIpc) is 2.91. The predicted molar refractivity (Wildman–Crippen MR) is 74.0 cm³/mol. The number of hydrogen-bond acceptors (Lipinski definition) is 6. The summed E-state index contributed by atoms with van der Waals surface area (Å²) in [4.78, 5) is 14.0. The molecule has 0 aromatic carbocycles. The number of likely N-dealkylation sites (tertiary alicyclic amines) is 1. The summed E-state index contributed by atoms with van der Waals surface area (Å²) in [7, 11) is 0. The molecule has 1 saturated heterocycles. The van der Waals surface area contributed by atoms with Crippen LogP contribution in [0.3, 0.4) is 0 Å². The molecule has 0 aliphatic carbocycles. The summed E-state index contributed by atoms with van der Waals surface area (Å²) in [5, 5.41) is 20.7. The molecule has 1 aliphatic rings. The van der Waals surface area contributed by atoms with Crippen LogP contribution in [0.2, 0.25) is 0 Å². The zero-order valence-corrected chi connectivity index (χ0v) is 11.9.